The van der Waals surface area contributed by atoms with Gasteiger partial charge in [-0.1, -0.05) is 205 Å². The van der Waals surface area contributed by atoms with Gasteiger partial charge in [0.15, 0.2) is 0 Å². The van der Waals surface area contributed by atoms with Gasteiger partial charge in [-0.25, -0.2) is 0 Å². The highest BCUT2D eigenvalue weighted by Gasteiger charge is 2.18. The number of unbranched alkanes of at least 4 members (excludes halogenated alkanes) is 20. The minimum atomic E-state index is -0.453. The molecule has 4 N–H and O–H groups in total. The van der Waals surface area contributed by atoms with E-state index in [0.717, 1.165) is 77.0 Å². The first kappa shape index (κ1) is 57.5. The van der Waals surface area contributed by atoms with Crippen LogP contribution < -0.4 is 0 Å². The summed E-state index contributed by atoms with van der Waals surface area (Å²) < 4.78 is 0. The van der Waals surface area contributed by atoms with Crippen LogP contribution >= 0.6 is 23.5 Å². The molecule has 4 unspecified atom stereocenters. The van der Waals surface area contributed by atoms with Crippen LogP contribution in [0, 0.1) is 0 Å². The predicted molar refractivity (Wildman–Crippen MR) is 253 cm³/mol. The van der Waals surface area contributed by atoms with Crippen LogP contribution in [0.3, 0.4) is 0 Å². The molecule has 0 aliphatic rings. The maximum atomic E-state index is 12.8. The van der Waals surface area contributed by atoms with Gasteiger partial charge in [0.2, 0.25) is 10.2 Å². The number of carbonyl (C=O) groups excluding carboxylic acids is 2. The van der Waals surface area contributed by atoms with E-state index in [1.165, 1.54) is 138 Å². The number of aliphatic hydroxyl groups is 4. The summed E-state index contributed by atoms with van der Waals surface area (Å²) in [5.41, 5.74) is 0. The predicted octanol–water partition coefficient (Wildman–Crippen LogP) is 11.1. The molecule has 0 aliphatic heterocycles. The lowest BCUT2D eigenvalue weighted by atomic mass is 10.1. The Balaban J connectivity index is 4.93. The van der Waals surface area contributed by atoms with Crippen LogP contribution in [0.25, 0.3) is 0 Å². The zero-order valence-electron chi connectivity index (χ0n) is 38.2. The maximum absolute atomic E-state index is 12.8. The van der Waals surface area contributed by atoms with Gasteiger partial charge in [0.05, 0.1) is 24.4 Å². The fraction of sp³-hybridized carbons (Fsp3) is 0.917. The molecule has 0 radical (unpaired) electrons. The van der Waals surface area contributed by atoms with Crippen molar-refractivity contribution in [2.24, 2.45) is 0 Å². The Labute approximate surface area is 366 Å². The van der Waals surface area contributed by atoms with Crippen LogP contribution in [-0.2, 0) is 9.59 Å². The van der Waals surface area contributed by atoms with Gasteiger partial charge in [0.25, 0.3) is 0 Å². The monoisotopic (exact) mass is 859 g/mol. The van der Waals surface area contributed by atoms with E-state index in [0.29, 0.717) is 50.8 Å². The zero-order chi connectivity index (χ0) is 42.9. The molecule has 0 aliphatic carbocycles. The first-order valence-corrected chi connectivity index (χ1v) is 26.3. The van der Waals surface area contributed by atoms with Crippen LogP contribution in [0.2, 0.25) is 0 Å². The number of hydrogen-bond acceptors (Lipinski definition) is 10. The van der Waals surface area contributed by atoms with Crippen molar-refractivity contribution in [2.75, 3.05) is 50.8 Å². The summed E-state index contributed by atoms with van der Waals surface area (Å²) in [4.78, 5) is 29.7. The smallest absolute Gasteiger partial charge is 0.212 e. The standard InChI is InChI=1S/C48H94N2O6S2/c1-5-9-13-17-21-25-29-43(51)39-49(40-44(52)30-26-22-18-14-10-6-2)35-37-57-47(55)33-34-48(56)58-38-36-50(41-45(53)31-27-23-19-15-11-7-3)42-46(54)32-28-24-20-16-12-8-4/h33-34,43-46,51-54H,5-32,35-42H2,1-4H3/b34-33-. The van der Waals surface area contributed by atoms with Gasteiger partial charge in [-0.2, -0.15) is 0 Å². The van der Waals surface area contributed by atoms with Gasteiger partial charge < -0.3 is 20.4 Å². The molecule has 0 bridgehead atoms. The number of nitrogens with zero attached hydrogens (tertiary/aromatic N) is 2. The average molecular weight is 859 g/mol. The van der Waals surface area contributed by atoms with E-state index in [1.54, 1.807) is 0 Å². The normalized spacial score (nSPS) is 14.2. The van der Waals surface area contributed by atoms with Crippen molar-refractivity contribution in [3.63, 3.8) is 0 Å². The lowest BCUT2D eigenvalue weighted by molar-refractivity contribution is -0.109. The molecule has 344 valence electrons. The van der Waals surface area contributed by atoms with Crippen LogP contribution in [0.15, 0.2) is 12.2 Å². The summed E-state index contributed by atoms with van der Waals surface area (Å²) in [6.07, 6.45) is 32.2. The van der Waals surface area contributed by atoms with E-state index < -0.39 is 24.4 Å². The quantitative estimate of drug-likeness (QED) is 0.0348. The molecule has 0 saturated carbocycles. The number of carbonyl (C=O) groups is 2. The van der Waals surface area contributed by atoms with Gasteiger partial charge in [-0.05, 0) is 37.8 Å². The molecule has 0 fully saturated rings. The summed E-state index contributed by atoms with van der Waals surface area (Å²) >= 11 is 2.34. The summed E-state index contributed by atoms with van der Waals surface area (Å²) in [5, 5.41) is 43.0. The molecule has 0 spiro atoms. The van der Waals surface area contributed by atoms with Gasteiger partial charge >= 0.3 is 0 Å². The summed E-state index contributed by atoms with van der Waals surface area (Å²) in [5.74, 6) is 1.05. The molecule has 8 nitrogen and oxygen atoms in total. The first-order chi connectivity index (χ1) is 28.1. The Kier molecular flexibility index (Phi) is 42.9. The molecule has 0 heterocycles. The molecule has 0 aromatic rings. The molecular formula is C48H94N2O6S2. The molecule has 4 atom stereocenters. The maximum Gasteiger partial charge on any atom is 0.212 e. The molecule has 0 saturated heterocycles. The second-order valence-electron chi connectivity index (χ2n) is 17.0. The highest BCUT2D eigenvalue weighted by molar-refractivity contribution is 8.14. The van der Waals surface area contributed by atoms with E-state index >= 15 is 0 Å². The van der Waals surface area contributed by atoms with Crippen molar-refractivity contribution in [2.45, 2.75) is 232 Å². The van der Waals surface area contributed by atoms with Crippen molar-refractivity contribution in [1.82, 2.24) is 9.80 Å². The van der Waals surface area contributed by atoms with Crippen LogP contribution in [0.1, 0.15) is 207 Å². The van der Waals surface area contributed by atoms with Gasteiger partial charge in [0.1, 0.15) is 0 Å². The summed E-state index contributed by atoms with van der Waals surface area (Å²) in [6, 6.07) is 0. The highest BCUT2D eigenvalue weighted by Crippen LogP contribution is 2.16. The van der Waals surface area contributed by atoms with Crippen LogP contribution in [0.4, 0.5) is 0 Å². The Bertz CT molecular complexity index is 824. The van der Waals surface area contributed by atoms with E-state index in [1.807, 2.05) is 0 Å². The fourth-order valence-corrected chi connectivity index (χ4v) is 8.93. The Morgan fingerprint density at radius 2 is 0.621 bits per heavy atom. The molecule has 0 rings (SSSR count). The minimum absolute atomic E-state index is 0.175. The zero-order valence-corrected chi connectivity index (χ0v) is 39.9. The average Bonchev–Trinajstić information content (AvgIpc) is 3.19. The second kappa shape index (κ2) is 43.2. The first-order valence-electron chi connectivity index (χ1n) is 24.3. The SMILES string of the molecule is CCCCCCCCC(O)CN(CCSC(=O)/C=C\C(=O)SCCN(CC(O)CCCCCCCC)CC(O)CCCCCCCC)CC(O)CCCCCCCC. The van der Waals surface area contributed by atoms with Gasteiger partial charge in [0, 0.05) is 50.8 Å². The lowest BCUT2D eigenvalue weighted by Crippen LogP contribution is -2.39. The number of hydrogen-bond donors (Lipinski definition) is 4. The topological polar surface area (TPSA) is 122 Å². The third-order valence-corrected chi connectivity index (χ3v) is 12.7. The second-order valence-corrected chi connectivity index (χ2v) is 19.2. The fourth-order valence-electron chi connectivity index (χ4n) is 7.50. The van der Waals surface area contributed by atoms with Crippen molar-refractivity contribution in [3.8, 4) is 0 Å². The van der Waals surface area contributed by atoms with Crippen molar-refractivity contribution in [1.29, 1.82) is 0 Å². The molecule has 10 heteroatoms. The number of rotatable bonds is 44. The molecular weight excluding hydrogens is 765 g/mol. The third kappa shape index (κ3) is 39.7. The highest BCUT2D eigenvalue weighted by atomic mass is 32.2. The van der Waals surface area contributed by atoms with Crippen molar-refractivity contribution in [3.05, 3.63) is 12.2 Å². The molecule has 58 heavy (non-hydrogen) atoms. The van der Waals surface area contributed by atoms with E-state index in [4.69, 9.17) is 0 Å². The summed E-state index contributed by atoms with van der Waals surface area (Å²) in [6.45, 7) is 12.0. The van der Waals surface area contributed by atoms with Crippen molar-refractivity contribution >= 4 is 33.8 Å². The Hall–Kier alpha value is -0.460. The molecule has 0 amide bonds. The van der Waals surface area contributed by atoms with Crippen LogP contribution in [-0.4, -0.2) is 116 Å². The van der Waals surface area contributed by atoms with E-state index in [2.05, 4.69) is 37.5 Å². The number of aliphatic hydroxyl groups excluding tert-OH is 4. The van der Waals surface area contributed by atoms with E-state index in [-0.39, 0.29) is 10.2 Å². The minimum Gasteiger partial charge on any atom is -0.392 e. The number of thioether (sulfide) groups is 2. The molecule has 0 aromatic heterocycles. The lowest BCUT2D eigenvalue weighted by Gasteiger charge is -2.27. The summed E-state index contributed by atoms with van der Waals surface area (Å²) in [7, 11) is 0. The Morgan fingerprint density at radius 3 is 0.862 bits per heavy atom. The largest absolute Gasteiger partial charge is 0.392 e. The third-order valence-electron chi connectivity index (χ3n) is 11.1. The molecule has 0 aromatic carbocycles. The van der Waals surface area contributed by atoms with E-state index in [9.17, 15) is 30.0 Å². The van der Waals surface area contributed by atoms with Gasteiger partial charge in [-0.15, -0.1) is 0 Å². The van der Waals surface area contributed by atoms with Gasteiger partial charge in [-0.3, -0.25) is 19.4 Å². The Morgan fingerprint density at radius 1 is 0.397 bits per heavy atom. The van der Waals surface area contributed by atoms with Crippen LogP contribution in [0.5, 0.6) is 0 Å². The van der Waals surface area contributed by atoms with Crippen molar-refractivity contribution < 1.29 is 30.0 Å².